The molecule has 21 heavy (non-hydrogen) atoms. The van der Waals surface area contributed by atoms with Crippen molar-refractivity contribution in [3.05, 3.63) is 0 Å². The van der Waals surface area contributed by atoms with Gasteiger partial charge in [-0.1, -0.05) is 0 Å². The first-order chi connectivity index (χ1) is 9.84. The SMILES string of the molecule is COC(=O)C1CCN(S(=O)(=O)N2C[C@@H](C)O[C@H](C)C2)CC1. The van der Waals surface area contributed by atoms with Gasteiger partial charge in [0.25, 0.3) is 10.2 Å². The van der Waals surface area contributed by atoms with Gasteiger partial charge in [0, 0.05) is 26.2 Å². The third kappa shape index (κ3) is 3.74. The summed E-state index contributed by atoms with van der Waals surface area (Å²) in [7, 11) is -2.11. The molecule has 0 bridgehead atoms. The van der Waals surface area contributed by atoms with Crippen LogP contribution in [0.1, 0.15) is 26.7 Å². The molecule has 122 valence electrons. The van der Waals surface area contributed by atoms with Crippen LogP contribution in [0.25, 0.3) is 0 Å². The minimum absolute atomic E-state index is 0.101. The second-order valence-electron chi connectivity index (χ2n) is 5.78. The van der Waals surface area contributed by atoms with Gasteiger partial charge in [0.2, 0.25) is 0 Å². The molecule has 7 nitrogen and oxygen atoms in total. The molecule has 2 rings (SSSR count). The third-order valence-corrected chi connectivity index (χ3v) is 6.00. The fourth-order valence-corrected chi connectivity index (χ4v) is 4.77. The highest BCUT2D eigenvalue weighted by Crippen LogP contribution is 2.24. The number of carbonyl (C=O) groups excluding carboxylic acids is 1. The Labute approximate surface area is 126 Å². The van der Waals surface area contributed by atoms with Gasteiger partial charge in [-0.3, -0.25) is 4.79 Å². The van der Waals surface area contributed by atoms with E-state index in [1.165, 1.54) is 15.7 Å². The summed E-state index contributed by atoms with van der Waals surface area (Å²) in [6.45, 7) is 5.24. The van der Waals surface area contributed by atoms with Gasteiger partial charge in [0.1, 0.15) is 0 Å². The molecule has 0 amide bonds. The molecule has 0 spiro atoms. The standard InChI is InChI=1S/C13H24N2O5S/c1-10-8-15(9-11(2)20-10)21(17,18)14-6-4-12(5-7-14)13(16)19-3/h10-12H,4-9H2,1-3H3/t10-,11-/m1/s1. The van der Waals surface area contributed by atoms with Crippen molar-refractivity contribution < 1.29 is 22.7 Å². The molecule has 0 unspecified atom stereocenters. The molecule has 0 saturated carbocycles. The van der Waals surface area contributed by atoms with Crippen molar-refractivity contribution in [1.82, 2.24) is 8.61 Å². The van der Waals surface area contributed by atoms with Crippen molar-refractivity contribution in [1.29, 1.82) is 0 Å². The van der Waals surface area contributed by atoms with E-state index < -0.39 is 10.2 Å². The first kappa shape index (κ1) is 16.7. The predicted molar refractivity (Wildman–Crippen MR) is 76.8 cm³/mol. The maximum atomic E-state index is 12.7. The first-order valence-electron chi connectivity index (χ1n) is 7.33. The van der Waals surface area contributed by atoms with Crippen LogP contribution < -0.4 is 0 Å². The summed E-state index contributed by atoms with van der Waals surface area (Å²) in [5.74, 6) is -0.440. The molecule has 0 radical (unpaired) electrons. The maximum absolute atomic E-state index is 12.7. The zero-order chi connectivity index (χ0) is 15.6. The average molecular weight is 320 g/mol. The van der Waals surface area contributed by atoms with Crippen LogP contribution in [0.4, 0.5) is 0 Å². The van der Waals surface area contributed by atoms with Crippen LogP contribution in [0.2, 0.25) is 0 Å². The third-order valence-electron chi connectivity index (χ3n) is 4.03. The van der Waals surface area contributed by atoms with Gasteiger partial charge in [0.15, 0.2) is 0 Å². The smallest absolute Gasteiger partial charge is 0.308 e. The highest BCUT2D eigenvalue weighted by Gasteiger charge is 2.38. The molecule has 2 atom stereocenters. The molecule has 0 N–H and O–H groups in total. The van der Waals surface area contributed by atoms with E-state index in [-0.39, 0.29) is 24.1 Å². The van der Waals surface area contributed by atoms with Crippen molar-refractivity contribution in [3.63, 3.8) is 0 Å². The molecule has 2 saturated heterocycles. The number of carbonyl (C=O) groups is 1. The Morgan fingerprint density at radius 3 is 2.10 bits per heavy atom. The molecule has 0 aliphatic carbocycles. The molecule has 8 heteroatoms. The summed E-state index contributed by atoms with van der Waals surface area (Å²) < 4.78 is 38.6. The Morgan fingerprint density at radius 2 is 1.62 bits per heavy atom. The quantitative estimate of drug-likeness (QED) is 0.696. The van der Waals surface area contributed by atoms with E-state index in [0.29, 0.717) is 39.0 Å². The Hall–Kier alpha value is -0.700. The summed E-state index contributed by atoms with van der Waals surface area (Å²) >= 11 is 0. The lowest BCUT2D eigenvalue weighted by Crippen LogP contribution is -2.54. The topological polar surface area (TPSA) is 76.2 Å². The van der Waals surface area contributed by atoms with Gasteiger partial charge in [-0.05, 0) is 26.7 Å². The molecular formula is C13H24N2O5S. The van der Waals surface area contributed by atoms with Crippen molar-refractivity contribution in [2.45, 2.75) is 38.9 Å². The number of esters is 1. The van der Waals surface area contributed by atoms with Crippen LogP contribution in [0.3, 0.4) is 0 Å². The second-order valence-corrected chi connectivity index (χ2v) is 7.71. The zero-order valence-corrected chi connectivity index (χ0v) is 13.6. The van der Waals surface area contributed by atoms with Gasteiger partial charge < -0.3 is 9.47 Å². The van der Waals surface area contributed by atoms with Crippen molar-refractivity contribution >= 4 is 16.2 Å². The van der Waals surface area contributed by atoms with E-state index >= 15 is 0 Å². The Morgan fingerprint density at radius 1 is 1.10 bits per heavy atom. The van der Waals surface area contributed by atoms with Crippen molar-refractivity contribution in [2.24, 2.45) is 5.92 Å². The fourth-order valence-electron chi connectivity index (χ4n) is 2.97. The van der Waals surface area contributed by atoms with Crippen LogP contribution in [-0.2, 0) is 24.5 Å². The fraction of sp³-hybridized carbons (Fsp3) is 0.923. The first-order valence-corrected chi connectivity index (χ1v) is 8.72. The number of nitrogens with zero attached hydrogens (tertiary/aromatic N) is 2. The van der Waals surface area contributed by atoms with E-state index in [0.717, 1.165) is 0 Å². The number of piperidine rings is 1. The molecule has 2 aliphatic rings. The molecule has 0 aromatic heterocycles. The predicted octanol–water partition coefficient (Wildman–Crippen LogP) is 0.225. The minimum atomic E-state index is -3.47. The van der Waals surface area contributed by atoms with Gasteiger partial charge in [-0.15, -0.1) is 0 Å². The van der Waals surface area contributed by atoms with Gasteiger partial charge in [-0.25, -0.2) is 0 Å². The number of hydrogen-bond donors (Lipinski definition) is 0. The van der Waals surface area contributed by atoms with Crippen LogP contribution in [0, 0.1) is 5.92 Å². The molecular weight excluding hydrogens is 296 g/mol. The number of morpholine rings is 1. The van der Waals surface area contributed by atoms with Gasteiger partial charge in [-0.2, -0.15) is 17.0 Å². The molecule has 2 fully saturated rings. The number of hydrogen-bond acceptors (Lipinski definition) is 5. The molecule has 0 aromatic rings. The number of rotatable bonds is 3. The maximum Gasteiger partial charge on any atom is 0.308 e. The summed E-state index contributed by atoms with van der Waals surface area (Å²) in [5.41, 5.74) is 0. The molecule has 2 aliphatic heterocycles. The monoisotopic (exact) mass is 320 g/mol. The highest BCUT2D eigenvalue weighted by atomic mass is 32.2. The van der Waals surface area contributed by atoms with Crippen molar-refractivity contribution in [3.8, 4) is 0 Å². The van der Waals surface area contributed by atoms with E-state index in [2.05, 4.69) is 0 Å². The van der Waals surface area contributed by atoms with E-state index in [4.69, 9.17) is 9.47 Å². The summed E-state index contributed by atoms with van der Waals surface area (Å²) in [5, 5.41) is 0. The van der Waals surface area contributed by atoms with Crippen LogP contribution in [-0.4, -0.2) is 68.5 Å². The Balaban J connectivity index is 1.99. The van der Waals surface area contributed by atoms with Gasteiger partial charge in [0.05, 0.1) is 25.2 Å². The lowest BCUT2D eigenvalue weighted by Gasteiger charge is -2.39. The van der Waals surface area contributed by atoms with Crippen molar-refractivity contribution in [2.75, 3.05) is 33.3 Å². The lowest BCUT2D eigenvalue weighted by molar-refractivity contribution is -0.146. The minimum Gasteiger partial charge on any atom is -0.469 e. The van der Waals surface area contributed by atoms with Crippen LogP contribution >= 0.6 is 0 Å². The largest absolute Gasteiger partial charge is 0.469 e. The average Bonchev–Trinajstić information content (AvgIpc) is 2.45. The number of ether oxygens (including phenoxy) is 2. The van der Waals surface area contributed by atoms with E-state index in [9.17, 15) is 13.2 Å². The highest BCUT2D eigenvalue weighted by molar-refractivity contribution is 7.86. The normalized spacial score (nSPS) is 30.2. The lowest BCUT2D eigenvalue weighted by atomic mass is 9.99. The van der Waals surface area contributed by atoms with E-state index in [1.807, 2.05) is 13.8 Å². The summed E-state index contributed by atoms with van der Waals surface area (Å²) in [6.07, 6.45) is 0.829. The summed E-state index contributed by atoms with van der Waals surface area (Å²) in [6, 6.07) is 0. The summed E-state index contributed by atoms with van der Waals surface area (Å²) in [4.78, 5) is 11.5. The van der Waals surface area contributed by atoms with E-state index in [1.54, 1.807) is 0 Å². The second kappa shape index (κ2) is 6.60. The van der Waals surface area contributed by atoms with Crippen LogP contribution in [0.5, 0.6) is 0 Å². The number of methoxy groups -OCH3 is 1. The Bertz CT molecular complexity index is 463. The molecule has 0 aromatic carbocycles. The molecule has 2 heterocycles. The Kier molecular flexibility index (Phi) is 5.24. The van der Waals surface area contributed by atoms with Gasteiger partial charge >= 0.3 is 5.97 Å². The van der Waals surface area contributed by atoms with Crippen LogP contribution in [0.15, 0.2) is 0 Å². The zero-order valence-electron chi connectivity index (χ0n) is 12.8.